The van der Waals surface area contributed by atoms with Gasteiger partial charge in [0.1, 0.15) is 10.1 Å². The van der Waals surface area contributed by atoms with E-state index in [0.717, 1.165) is 5.56 Å². The molecule has 1 aliphatic rings. The monoisotopic (exact) mass is 446 g/mol. The molecule has 0 unspecified atom stereocenters. The summed E-state index contributed by atoms with van der Waals surface area (Å²) < 4.78 is 5.94. The van der Waals surface area contributed by atoms with Crippen molar-refractivity contribution in [3.63, 3.8) is 0 Å². The fraction of sp³-hybridized carbons (Fsp3) is 0.190. The lowest BCUT2D eigenvalue weighted by Gasteiger charge is -2.15. The van der Waals surface area contributed by atoms with Crippen LogP contribution in [0.5, 0.6) is 5.75 Å². The number of halogens is 1. The molecule has 0 bridgehead atoms. The minimum absolute atomic E-state index is 0.117. The Morgan fingerprint density at radius 2 is 1.97 bits per heavy atom. The van der Waals surface area contributed by atoms with Gasteiger partial charge in [-0.3, -0.25) is 14.5 Å². The molecule has 1 fully saturated rings. The molecule has 0 radical (unpaired) electrons. The van der Waals surface area contributed by atoms with Crippen LogP contribution in [0, 0.1) is 0 Å². The van der Waals surface area contributed by atoms with E-state index >= 15 is 0 Å². The average Bonchev–Trinajstić information content (AvgIpc) is 2.96. The average molecular weight is 447 g/mol. The second-order valence-electron chi connectivity index (χ2n) is 6.08. The third-order valence-electron chi connectivity index (χ3n) is 4.09. The normalized spacial score (nSPS) is 15.1. The molecule has 1 saturated heterocycles. The zero-order chi connectivity index (χ0) is 20.8. The maximum Gasteiger partial charge on any atom is 0.266 e. The van der Waals surface area contributed by atoms with Crippen molar-refractivity contribution < 1.29 is 14.3 Å². The molecule has 2 amide bonds. The van der Waals surface area contributed by atoms with Gasteiger partial charge in [0.15, 0.2) is 0 Å². The van der Waals surface area contributed by atoms with Crippen LogP contribution in [0.15, 0.2) is 53.4 Å². The summed E-state index contributed by atoms with van der Waals surface area (Å²) in [7, 11) is 0. The van der Waals surface area contributed by atoms with Crippen molar-refractivity contribution in [2.24, 2.45) is 0 Å². The number of thioether (sulfide) groups is 1. The van der Waals surface area contributed by atoms with E-state index in [1.807, 2.05) is 37.3 Å². The van der Waals surface area contributed by atoms with Gasteiger partial charge >= 0.3 is 0 Å². The van der Waals surface area contributed by atoms with Crippen LogP contribution in [0.4, 0.5) is 5.69 Å². The lowest BCUT2D eigenvalue weighted by molar-refractivity contribution is -0.122. The quantitative estimate of drug-likeness (QED) is 0.480. The van der Waals surface area contributed by atoms with Crippen LogP contribution in [-0.4, -0.2) is 34.2 Å². The molecule has 0 saturated carbocycles. The summed E-state index contributed by atoms with van der Waals surface area (Å²) in [5.74, 6) is 0.167. The first kappa shape index (κ1) is 21.4. The predicted molar refractivity (Wildman–Crippen MR) is 122 cm³/mol. The first-order valence-electron chi connectivity index (χ1n) is 9.01. The zero-order valence-electron chi connectivity index (χ0n) is 15.7. The molecular formula is C21H19ClN2O3S2. The summed E-state index contributed by atoms with van der Waals surface area (Å²) in [6.45, 7) is 2.58. The lowest BCUT2D eigenvalue weighted by Crippen LogP contribution is -2.31. The summed E-state index contributed by atoms with van der Waals surface area (Å²) in [6, 6.07) is 14.5. The SMILES string of the molecule is CCOc1ccccc1NC(=O)CCN1C(=O)/C(=C\c2ccccc2Cl)SC1=S. The molecule has 0 aliphatic carbocycles. The van der Waals surface area contributed by atoms with Gasteiger partial charge in [0.05, 0.1) is 17.2 Å². The molecule has 2 aromatic rings. The Kier molecular flexibility index (Phi) is 7.30. The highest BCUT2D eigenvalue weighted by Gasteiger charge is 2.32. The fourth-order valence-electron chi connectivity index (χ4n) is 2.70. The maximum atomic E-state index is 12.7. The topological polar surface area (TPSA) is 58.6 Å². The van der Waals surface area contributed by atoms with Gasteiger partial charge in [-0.25, -0.2) is 0 Å². The Hall–Kier alpha value is -2.35. The Morgan fingerprint density at radius 1 is 1.24 bits per heavy atom. The van der Waals surface area contributed by atoms with Crippen LogP contribution in [0.3, 0.4) is 0 Å². The molecule has 2 aromatic carbocycles. The van der Waals surface area contributed by atoms with E-state index in [0.29, 0.717) is 32.3 Å². The third-order valence-corrected chi connectivity index (χ3v) is 5.81. The smallest absolute Gasteiger partial charge is 0.266 e. The summed E-state index contributed by atoms with van der Waals surface area (Å²) in [6.07, 6.45) is 1.84. The van der Waals surface area contributed by atoms with E-state index in [2.05, 4.69) is 5.32 Å². The number of carbonyl (C=O) groups excluding carboxylic acids is 2. The van der Waals surface area contributed by atoms with Gasteiger partial charge in [0.25, 0.3) is 5.91 Å². The number of amides is 2. The van der Waals surface area contributed by atoms with Crippen LogP contribution >= 0.6 is 35.6 Å². The van der Waals surface area contributed by atoms with E-state index in [-0.39, 0.29) is 24.8 Å². The van der Waals surface area contributed by atoms with Crippen molar-refractivity contribution in [1.82, 2.24) is 4.90 Å². The highest BCUT2D eigenvalue weighted by Crippen LogP contribution is 2.34. The number of thiocarbonyl (C=S) groups is 1. The molecule has 8 heteroatoms. The summed E-state index contributed by atoms with van der Waals surface area (Å²) in [5, 5.41) is 3.38. The van der Waals surface area contributed by atoms with E-state index in [4.69, 9.17) is 28.6 Å². The van der Waals surface area contributed by atoms with Crippen LogP contribution in [0.1, 0.15) is 18.9 Å². The highest BCUT2D eigenvalue weighted by atomic mass is 35.5. The Labute approximate surface area is 184 Å². The zero-order valence-corrected chi connectivity index (χ0v) is 18.1. The molecule has 1 aliphatic heterocycles. The second kappa shape index (κ2) is 9.91. The third kappa shape index (κ3) is 5.38. The summed E-state index contributed by atoms with van der Waals surface area (Å²) >= 11 is 12.7. The van der Waals surface area contributed by atoms with Crippen molar-refractivity contribution in [2.75, 3.05) is 18.5 Å². The van der Waals surface area contributed by atoms with Crippen molar-refractivity contribution in [1.29, 1.82) is 0 Å². The summed E-state index contributed by atoms with van der Waals surface area (Å²) in [4.78, 5) is 27.0. The number of ether oxygens (including phenoxy) is 1. The number of nitrogens with zero attached hydrogens (tertiary/aromatic N) is 1. The van der Waals surface area contributed by atoms with Crippen LogP contribution < -0.4 is 10.1 Å². The molecule has 0 atom stereocenters. The van der Waals surface area contributed by atoms with Gasteiger partial charge in [-0.1, -0.05) is 65.9 Å². The van der Waals surface area contributed by atoms with Gasteiger partial charge in [0.2, 0.25) is 5.91 Å². The van der Waals surface area contributed by atoms with Crippen molar-refractivity contribution in [3.8, 4) is 5.75 Å². The van der Waals surface area contributed by atoms with E-state index in [9.17, 15) is 9.59 Å². The molecule has 5 nitrogen and oxygen atoms in total. The van der Waals surface area contributed by atoms with E-state index < -0.39 is 0 Å². The standard InChI is InChI=1S/C21H19ClN2O3S2/c1-2-27-17-10-6-5-9-16(17)23-19(25)11-12-24-20(26)18(29-21(24)28)13-14-7-3-4-8-15(14)22/h3-10,13H,2,11-12H2,1H3,(H,23,25)/b18-13+. The highest BCUT2D eigenvalue weighted by molar-refractivity contribution is 8.26. The van der Waals surface area contributed by atoms with Crippen LogP contribution in [0.25, 0.3) is 6.08 Å². The number of benzene rings is 2. The maximum absolute atomic E-state index is 12.7. The summed E-state index contributed by atoms with van der Waals surface area (Å²) in [5.41, 5.74) is 1.35. The molecule has 1 N–H and O–H groups in total. The van der Waals surface area contributed by atoms with Gasteiger partial charge in [-0.15, -0.1) is 0 Å². The van der Waals surface area contributed by atoms with E-state index in [1.165, 1.54) is 16.7 Å². The number of anilines is 1. The predicted octanol–water partition coefficient (Wildman–Crippen LogP) is 4.97. The number of para-hydroxylation sites is 2. The lowest BCUT2D eigenvalue weighted by atomic mass is 10.2. The van der Waals surface area contributed by atoms with Crippen molar-refractivity contribution >= 4 is 63.5 Å². The number of hydrogen-bond donors (Lipinski definition) is 1. The minimum atomic E-state index is -0.221. The fourth-order valence-corrected chi connectivity index (χ4v) is 4.19. The molecule has 0 spiro atoms. The van der Waals surface area contributed by atoms with Gasteiger partial charge < -0.3 is 10.1 Å². The number of rotatable bonds is 7. The molecule has 3 rings (SSSR count). The number of carbonyl (C=O) groups is 2. The molecule has 0 aromatic heterocycles. The van der Waals surface area contributed by atoms with Crippen molar-refractivity contribution in [3.05, 3.63) is 64.0 Å². The molecule has 1 heterocycles. The second-order valence-corrected chi connectivity index (χ2v) is 8.17. The number of hydrogen-bond acceptors (Lipinski definition) is 5. The van der Waals surface area contributed by atoms with Crippen LogP contribution in [-0.2, 0) is 9.59 Å². The molecule has 150 valence electrons. The first-order chi connectivity index (χ1) is 14.0. The largest absolute Gasteiger partial charge is 0.492 e. The minimum Gasteiger partial charge on any atom is -0.492 e. The Balaban J connectivity index is 1.62. The van der Waals surface area contributed by atoms with E-state index in [1.54, 1.807) is 24.3 Å². The molecular weight excluding hydrogens is 428 g/mol. The van der Waals surface area contributed by atoms with Crippen molar-refractivity contribution in [2.45, 2.75) is 13.3 Å². The molecule has 29 heavy (non-hydrogen) atoms. The first-order valence-corrected chi connectivity index (χ1v) is 10.6. The Morgan fingerprint density at radius 3 is 2.72 bits per heavy atom. The van der Waals surface area contributed by atoms with Gasteiger partial charge in [-0.05, 0) is 36.8 Å². The van der Waals surface area contributed by atoms with Gasteiger partial charge in [-0.2, -0.15) is 0 Å². The van der Waals surface area contributed by atoms with Gasteiger partial charge in [0, 0.05) is 18.0 Å². The number of nitrogens with one attached hydrogen (secondary N) is 1. The van der Waals surface area contributed by atoms with Crippen LogP contribution in [0.2, 0.25) is 5.02 Å². The Bertz CT molecular complexity index is 978.